The fourth-order valence-electron chi connectivity index (χ4n) is 7.43. The van der Waals surface area contributed by atoms with Crippen LogP contribution in [0.4, 0.5) is 5.69 Å². The number of para-hydroxylation sites is 1. The first-order valence-corrected chi connectivity index (χ1v) is 19.8. The van der Waals surface area contributed by atoms with Gasteiger partial charge < -0.3 is 44.5 Å². The largest absolute Gasteiger partial charge is 0.382 e. The van der Waals surface area contributed by atoms with Gasteiger partial charge in [-0.25, -0.2) is 4.98 Å². The van der Waals surface area contributed by atoms with Crippen LogP contribution in [-0.4, -0.2) is 154 Å². The Labute approximate surface area is 336 Å². The van der Waals surface area contributed by atoms with Crippen LogP contribution < -0.4 is 16.4 Å². The van der Waals surface area contributed by atoms with E-state index in [0.717, 1.165) is 42.2 Å². The Kier molecular flexibility index (Phi) is 15.3. The molecular weight excluding hydrogens is 754 g/mol. The lowest BCUT2D eigenvalue weighted by Gasteiger charge is -2.33. The number of aromatic nitrogens is 2. The monoisotopic (exact) mass is 807 g/mol. The summed E-state index contributed by atoms with van der Waals surface area (Å²) in [5.41, 5.74) is 8.01. The summed E-state index contributed by atoms with van der Waals surface area (Å²) >= 11 is 0. The number of carbonyl (C=O) groups is 5. The Morgan fingerprint density at radius 3 is 2.10 bits per heavy atom. The summed E-state index contributed by atoms with van der Waals surface area (Å²) in [6.07, 6.45) is 2.16. The molecule has 0 aliphatic carbocycles. The van der Waals surface area contributed by atoms with Crippen LogP contribution in [0, 0.1) is 0 Å². The van der Waals surface area contributed by atoms with E-state index in [1.54, 1.807) is 30.3 Å². The van der Waals surface area contributed by atoms with Crippen LogP contribution in [0.3, 0.4) is 0 Å². The fourth-order valence-corrected chi connectivity index (χ4v) is 7.43. The van der Waals surface area contributed by atoms with Crippen LogP contribution >= 0.6 is 0 Å². The third-order valence-corrected chi connectivity index (χ3v) is 10.5. The Hall–Kier alpha value is -4.82. The molecule has 18 heteroatoms. The minimum Gasteiger partial charge on any atom is -0.382 e. The summed E-state index contributed by atoms with van der Waals surface area (Å²) in [6, 6.07) is 9.31. The third kappa shape index (κ3) is 10.4. The van der Waals surface area contributed by atoms with E-state index >= 15 is 0 Å². The van der Waals surface area contributed by atoms with Crippen molar-refractivity contribution in [2.45, 2.75) is 44.2 Å². The van der Waals surface area contributed by atoms with Crippen molar-refractivity contribution in [1.82, 2.24) is 25.1 Å². The van der Waals surface area contributed by atoms with Crippen LogP contribution in [0.25, 0.3) is 11.0 Å². The van der Waals surface area contributed by atoms with E-state index in [-0.39, 0.29) is 29.5 Å². The summed E-state index contributed by atoms with van der Waals surface area (Å²) in [5.74, 6) is -1.83. The summed E-state index contributed by atoms with van der Waals surface area (Å²) in [6.45, 7) is 9.48. The van der Waals surface area contributed by atoms with Crippen molar-refractivity contribution in [3.63, 3.8) is 0 Å². The molecule has 3 aliphatic rings. The molecule has 3 aromatic rings. The number of likely N-dealkylation sites (tertiary alicyclic amines) is 1. The van der Waals surface area contributed by atoms with Crippen molar-refractivity contribution >= 4 is 46.3 Å². The molecule has 3 aliphatic heterocycles. The highest BCUT2D eigenvalue weighted by Gasteiger charge is 2.45. The third-order valence-electron chi connectivity index (χ3n) is 10.5. The molecule has 5 N–H and O–H groups in total. The lowest BCUT2D eigenvalue weighted by molar-refractivity contribution is -0.136. The Balaban J connectivity index is 0.723. The molecule has 2 fully saturated rings. The average Bonchev–Trinajstić information content (AvgIpc) is 3.89. The molecule has 1 aromatic heterocycles. The predicted molar refractivity (Wildman–Crippen MR) is 209 cm³/mol. The minimum absolute atomic E-state index is 0.0631. The van der Waals surface area contributed by atoms with E-state index in [9.17, 15) is 24.0 Å². The lowest BCUT2D eigenvalue weighted by Crippen LogP contribution is -2.54. The number of carbonyl (C=O) groups excluding carboxylic acids is 5. The molecule has 0 bridgehead atoms. The molecule has 2 unspecified atom stereocenters. The molecule has 0 saturated carbocycles. The van der Waals surface area contributed by atoms with Crippen LogP contribution in [0.5, 0.6) is 0 Å². The number of piperidine rings is 1. The SMILES string of the molecule is CC1(c2nc3c(C(N)=O)cccc3[nH]2)CCCN1CCOCCOCCOCCOCCOCCOCCNc1cccc2c1C(=O)N(C1CCC(=O)NC1=O)C2=O. The van der Waals surface area contributed by atoms with Gasteiger partial charge in [-0.15, -0.1) is 0 Å². The topological polar surface area (TPSA) is 226 Å². The molecule has 2 atom stereocenters. The van der Waals surface area contributed by atoms with Gasteiger partial charge in [0.05, 0.1) is 107 Å². The zero-order valence-corrected chi connectivity index (χ0v) is 32.9. The molecule has 0 radical (unpaired) electrons. The summed E-state index contributed by atoms with van der Waals surface area (Å²) in [4.78, 5) is 73.4. The van der Waals surface area contributed by atoms with E-state index < -0.39 is 35.6 Å². The number of rotatable bonds is 25. The van der Waals surface area contributed by atoms with E-state index in [1.165, 1.54) is 0 Å². The first kappa shape index (κ1) is 42.8. The first-order chi connectivity index (χ1) is 28.2. The van der Waals surface area contributed by atoms with Gasteiger partial charge in [-0.2, -0.15) is 0 Å². The Morgan fingerprint density at radius 2 is 1.47 bits per heavy atom. The van der Waals surface area contributed by atoms with Gasteiger partial charge in [-0.1, -0.05) is 12.1 Å². The molecule has 58 heavy (non-hydrogen) atoms. The molecule has 6 rings (SSSR count). The maximum absolute atomic E-state index is 13.2. The van der Waals surface area contributed by atoms with Gasteiger partial charge in [-0.3, -0.25) is 39.1 Å². The van der Waals surface area contributed by atoms with Gasteiger partial charge >= 0.3 is 0 Å². The molecule has 5 amide bonds. The zero-order valence-electron chi connectivity index (χ0n) is 32.9. The smallest absolute Gasteiger partial charge is 0.264 e. The van der Waals surface area contributed by atoms with Crippen molar-refractivity contribution in [2.24, 2.45) is 5.73 Å². The van der Waals surface area contributed by atoms with Crippen LogP contribution in [0.15, 0.2) is 36.4 Å². The number of imide groups is 2. The second-order valence-electron chi connectivity index (χ2n) is 14.3. The van der Waals surface area contributed by atoms with Gasteiger partial charge in [0.25, 0.3) is 17.7 Å². The standard InChI is InChI=1S/C40H53N7O11/c1-40(39-43-30-8-3-6-28(35(41)49)34(30)45-39)11-4-13-46(40)14-16-54-18-20-56-22-24-58-26-25-57-23-21-55-19-17-53-15-12-42-29-7-2-5-27-33(29)38(52)47(37(27)51)31-9-10-32(48)44-36(31)50/h2-3,5-8,31,42H,4,9-26H2,1H3,(H2,41,49)(H,43,45)(H,44,48,50). The van der Waals surface area contributed by atoms with E-state index in [1.807, 2.05) is 6.07 Å². The number of fused-ring (bicyclic) bond motifs is 2. The first-order valence-electron chi connectivity index (χ1n) is 19.8. The van der Waals surface area contributed by atoms with Crippen molar-refractivity contribution < 1.29 is 52.4 Å². The number of nitrogens with two attached hydrogens (primary N) is 1. The van der Waals surface area contributed by atoms with Gasteiger partial charge in [0, 0.05) is 25.2 Å². The molecule has 2 aromatic carbocycles. The lowest BCUT2D eigenvalue weighted by atomic mass is 9.98. The number of hydrogen-bond donors (Lipinski definition) is 4. The molecule has 4 heterocycles. The van der Waals surface area contributed by atoms with Crippen molar-refractivity contribution in [3.05, 3.63) is 58.9 Å². The maximum Gasteiger partial charge on any atom is 0.264 e. The van der Waals surface area contributed by atoms with Gasteiger partial charge in [0.1, 0.15) is 17.4 Å². The minimum atomic E-state index is -1.01. The number of imidazole rings is 1. The highest BCUT2D eigenvalue weighted by molar-refractivity contribution is 6.25. The highest BCUT2D eigenvalue weighted by atomic mass is 16.6. The quantitative estimate of drug-likeness (QED) is 0.0705. The number of nitrogens with zero attached hydrogens (tertiary/aromatic N) is 3. The zero-order chi connectivity index (χ0) is 40.9. The van der Waals surface area contributed by atoms with Gasteiger partial charge in [-0.05, 0) is 57.0 Å². The fraction of sp³-hybridized carbons (Fsp3) is 0.550. The molecule has 2 saturated heterocycles. The van der Waals surface area contributed by atoms with Crippen LogP contribution in [0.2, 0.25) is 0 Å². The second kappa shape index (κ2) is 20.7. The van der Waals surface area contributed by atoms with Crippen LogP contribution in [-0.2, 0) is 43.5 Å². The summed E-state index contributed by atoms with van der Waals surface area (Å²) in [5, 5.41) is 5.34. The Bertz CT molecular complexity index is 1920. The maximum atomic E-state index is 13.2. The van der Waals surface area contributed by atoms with Crippen molar-refractivity contribution in [1.29, 1.82) is 0 Å². The highest BCUT2D eigenvalue weighted by Crippen LogP contribution is 2.38. The molecule has 0 spiro atoms. The number of benzene rings is 2. The number of ether oxygens (including phenoxy) is 6. The van der Waals surface area contributed by atoms with E-state index in [2.05, 4.69) is 27.4 Å². The molecular formula is C40H53N7O11. The number of anilines is 1. The summed E-state index contributed by atoms with van der Waals surface area (Å²) < 4.78 is 33.7. The van der Waals surface area contributed by atoms with Gasteiger partial charge in [0.2, 0.25) is 11.8 Å². The molecule has 314 valence electrons. The number of aromatic amines is 1. The predicted octanol–water partition coefficient (Wildman–Crippen LogP) is 1.59. The number of hydrogen-bond acceptors (Lipinski definition) is 14. The molecule has 18 nitrogen and oxygen atoms in total. The Morgan fingerprint density at radius 1 is 0.845 bits per heavy atom. The second-order valence-corrected chi connectivity index (χ2v) is 14.3. The number of primary amides is 1. The summed E-state index contributed by atoms with van der Waals surface area (Å²) in [7, 11) is 0. The van der Waals surface area contributed by atoms with Crippen molar-refractivity contribution in [2.75, 3.05) is 104 Å². The average molecular weight is 808 g/mol. The normalized spacial score (nSPS) is 19.7. The number of amides is 5. The van der Waals surface area contributed by atoms with Crippen LogP contribution in [0.1, 0.15) is 69.5 Å². The van der Waals surface area contributed by atoms with Crippen molar-refractivity contribution in [3.8, 4) is 0 Å². The van der Waals surface area contributed by atoms with E-state index in [4.69, 9.17) is 39.1 Å². The number of H-pyrrole nitrogens is 1. The van der Waals surface area contributed by atoms with Gasteiger partial charge in [0.15, 0.2) is 0 Å². The number of nitrogens with one attached hydrogen (secondary N) is 3. The van der Waals surface area contributed by atoms with E-state index in [0.29, 0.717) is 103 Å².